The Morgan fingerprint density at radius 2 is 1.07 bits per heavy atom. The molecular formula is C68H90N12O26. The first-order chi connectivity index (χ1) is 50.8. The number of rotatable bonds is 23. The summed E-state index contributed by atoms with van der Waals surface area (Å²) in [4.78, 5) is 88.6. The second-order valence-electron chi connectivity index (χ2n) is 26.3. The summed E-state index contributed by atoms with van der Waals surface area (Å²) in [5.41, 5.74) is 2.24. The van der Waals surface area contributed by atoms with Gasteiger partial charge in [0.1, 0.15) is 134 Å². The van der Waals surface area contributed by atoms with Crippen molar-refractivity contribution in [3.8, 4) is 11.5 Å². The van der Waals surface area contributed by atoms with E-state index >= 15 is 9.59 Å². The van der Waals surface area contributed by atoms with Gasteiger partial charge in [0, 0.05) is 25.4 Å². The first kappa shape index (κ1) is 79.7. The molecule has 4 aromatic rings. The van der Waals surface area contributed by atoms with Crippen molar-refractivity contribution in [2.24, 2.45) is 0 Å². The van der Waals surface area contributed by atoms with Gasteiger partial charge in [0.15, 0.2) is 24.4 Å². The number of hydrogen-bond acceptors (Lipinski definition) is 28. The molecule has 25 atom stereocenters. The maximum atomic E-state index is 15.2. The summed E-state index contributed by atoms with van der Waals surface area (Å²) < 4.78 is 41.5. The number of benzene rings is 4. The zero-order chi connectivity index (χ0) is 76.2. The van der Waals surface area contributed by atoms with Crippen LogP contribution in [0.3, 0.4) is 0 Å². The lowest BCUT2D eigenvalue weighted by Crippen LogP contribution is -2.69. The van der Waals surface area contributed by atoms with Crippen LogP contribution in [0.1, 0.15) is 35.1 Å². The second-order valence-corrected chi connectivity index (χ2v) is 26.3. The van der Waals surface area contributed by atoms with Crippen molar-refractivity contribution in [1.29, 1.82) is 10.8 Å². The van der Waals surface area contributed by atoms with E-state index in [2.05, 4.69) is 47.9 Å². The van der Waals surface area contributed by atoms with Crippen molar-refractivity contribution < 1.29 is 128 Å². The van der Waals surface area contributed by atoms with Gasteiger partial charge in [-0.15, -0.1) is 0 Å². The van der Waals surface area contributed by atoms with E-state index in [1.54, 1.807) is 61.5 Å². The number of nitrogens with one attached hydrogen (secondary N) is 11. The topological polar surface area (TPSA) is 589 Å². The molecule has 6 saturated heterocycles. The van der Waals surface area contributed by atoms with Gasteiger partial charge < -0.3 is 152 Å². The molecule has 0 aromatic heterocycles. The lowest BCUT2D eigenvalue weighted by atomic mass is 9.92. The Morgan fingerprint density at radius 1 is 0.500 bits per heavy atom. The van der Waals surface area contributed by atoms with E-state index in [9.17, 15) is 85.6 Å². The fraction of sp³-hybridized carbons (Fsp3) is 0.529. The minimum atomic E-state index is -2.37. The van der Waals surface area contributed by atoms with Crippen molar-refractivity contribution in [3.63, 3.8) is 0 Å². The smallest absolute Gasteiger partial charge is 0.246 e. The molecule has 106 heavy (non-hydrogen) atoms. The largest absolute Gasteiger partial charge is 0.489 e. The molecule has 38 heteroatoms. The highest BCUT2D eigenvalue weighted by Gasteiger charge is 2.55. The first-order valence-electron chi connectivity index (χ1n) is 34.2. The van der Waals surface area contributed by atoms with Crippen LogP contribution in [-0.2, 0) is 72.1 Å². The Balaban J connectivity index is 0.899. The summed E-state index contributed by atoms with van der Waals surface area (Å²) in [7, 11) is 0. The number of hydrogen-bond donors (Lipinski definition) is 24. The van der Waals surface area contributed by atoms with Crippen LogP contribution in [0.15, 0.2) is 109 Å². The molecule has 6 aliphatic rings. The average molecular weight is 1490 g/mol. The number of aliphatic hydroxyl groups is 13. The Hall–Kier alpha value is -8.88. The maximum absolute atomic E-state index is 15.2. The van der Waals surface area contributed by atoms with Gasteiger partial charge >= 0.3 is 0 Å². The number of aliphatic hydroxyl groups excluding tert-OH is 13. The molecule has 25 unspecified atom stereocenters. The van der Waals surface area contributed by atoms with Crippen LogP contribution < -0.4 is 57.3 Å². The van der Waals surface area contributed by atoms with E-state index in [1.165, 1.54) is 24.3 Å². The highest BCUT2D eigenvalue weighted by atomic mass is 16.7. The summed E-state index contributed by atoms with van der Waals surface area (Å²) >= 11 is 0. The highest BCUT2D eigenvalue weighted by molar-refractivity contribution is 5.98. The van der Waals surface area contributed by atoms with Crippen molar-refractivity contribution in [3.05, 3.63) is 131 Å². The maximum Gasteiger partial charge on any atom is 0.246 e. The molecule has 0 bridgehead atoms. The Kier molecular flexibility index (Phi) is 27.2. The van der Waals surface area contributed by atoms with Crippen molar-refractivity contribution in [1.82, 2.24) is 52.8 Å². The van der Waals surface area contributed by atoms with Crippen LogP contribution in [0.2, 0.25) is 0 Å². The molecule has 0 spiro atoms. The fourth-order valence-corrected chi connectivity index (χ4v) is 13.1. The van der Waals surface area contributed by atoms with Crippen molar-refractivity contribution >= 4 is 47.4 Å². The van der Waals surface area contributed by atoms with Crippen molar-refractivity contribution in [2.75, 3.05) is 46.1 Å². The van der Waals surface area contributed by atoms with E-state index in [1.807, 2.05) is 30.3 Å². The van der Waals surface area contributed by atoms with Crippen molar-refractivity contribution in [2.45, 2.75) is 179 Å². The fourth-order valence-electron chi connectivity index (χ4n) is 13.1. The van der Waals surface area contributed by atoms with Gasteiger partial charge in [0.05, 0.1) is 51.7 Å². The quantitative estimate of drug-likeness (QED) is 0.0328. The number of carbonyl (C=O) groups is 6. The van der Waals surface area contributed by atoms with E-state index in [0.717, 1.165) is 10.5 Å². The van der Waals surface area contributed by atoms with E-state index in [-0.39, 0.29) is 30.4 Å². The normalized spacial score (nSPS) is 33.8. The van der Waals surface area contributed by atoms with Crippen LogP contribution in [0.4, 0.5) is 0 Å². The zero-order valence-electron chi connectivity index (χ0n) is 57.0. The van der Waals surface area contributed by atoms with Crippen LogP contribution >= 0.6 is 0 Å². The summed E-state index contributed by atoms with van der Waals surface area (Å²) in [6.45, 7) is -3.74. The summed E-state index contributed by atoms with van der Waals surface area (Å²) in [6.07, 6.45) is -31.2. The standard InChI is InChI=1S/C68H90N12O26/c1-30(34-10-6-3-7-11-34)45-61(97)74-37(20-31-12-18-36(19-13-31)102-65-56(94)54(92)57(43(27-84)105-65)106-66-58(53(91)51(89)42(26-83)104-66)101-29-33-14-16-35(17-15-33)100-28-32-8-4-2-5-9-32)60(96)78-46(48(86)38-21-72-67(69)76-38)63(99)79-47(62(98)75-39(24-81)59(95)71-23-44(85)77-45)49(87)40-22-73-68(70)80(40)64-55(93)52(90)50(88)41(25-82)103-64/h2-19,30,37-43,45-58,64-66,81-84,86-94H,20-29H2,1H3,(H2,70,73)(H,71,95)(H,74,97)(H,75,98)(H,77,85)(H,78,96)(H,79,99)(H3,69,72,76). The molecular weight excluding hydrogens is 1400 g/mol. The molecule has 0 aliphatic carbocycles. The second kappa shape index (κ2) is 36.1. The predicted molar refractivity (Wildman–Crippen MR) is 361 cm³/mol. The molecule has 38 nitrogen and oxygen atoms in total. The minimum absolute atomic E-state index is 0.0701. The summed E-state index contributed by atoms with van der Waals surface area (Å²) in [6, 6.07) is 17.1. The number of amides is 6. The monoisotopic (exact) mass is 1490 g/mol. The van der Waals surface area contributed by atoms with Gasteiger partial charge in [-0.1, -0.05) is 91.9 Å². The Labute approximate surface area is 605 Å². The van der Waals surface area contributed by atoms with Crippen LogP contribution in [0.5, 0.6) is 11.5 Å². The molecule has 6 fully saturated rings. The Bertz CT molecular complexity index is 3640. The van der Waals surface area contributed by atoms with Gasteiger partial charge in [0.25, 0.3) is 0 Å². The third kappa shape index (κ3) is 18.7. The molecule has 0 saturated carbocycles. The van der Waals surface area contributed by atoms with Gasteiger partial charge in [-0.3, -0.25) is 39.6 Å². The molecule has 0 radical (unpaired) electrons. The zero-order valence-corrected chi connectivity index (χ0v) is 57.0. The third-order valence-electron chi connectivity index (χ3n) is 19.2. The number of carbonyl (C=O) groups excluding carboxylic acids is 6. The molecule has 10 rings (SSSR count). The van der Waals surface area contributed by atoms with Gasteiger partial charge in [-0.25, -0.2) is 0 Å². The van der Waals surface area contributed by atoms with E-state index < -0.39 is 240 Å². The predicted octanol–water partition coefficient (Wildman–Crippen LogP) is -9.39. The minimum Gasteiger partial charge on any atom is -0.489 e. The number of nitrogens with zero attached hydrogens (tertiary/aromatic N) is 1. The summed E-state index contributed by atoms with van der Waals surface area (Å²) in [5, 5.41) is 183. The Morgan fingerprint density at radius 3 is 1.72 bits per heavy atom. The van der Waals surface area contributed by atoms with Gasteiger partial charge in [0.2, 0.25) is 41.7 Å². The molecule has 6 amide bonds. The van der Waals surface area contributed by atoms with Crippen LogP contribution in [0, 0.1) is 10.8 Å². The lowest BCUT2D eigenvalue weighted by molar-refractivity contribution is -0.357. The van der Waals surface area contributed by atoms with Crippen LogP contribution in [0.25, 0.3) is 0 Å². The van der Waals surface area contributed by atoms with E-state index in [4.69, 9.17) is 44.0 Å². The van der Waals surface area contributed by atoms with Gasteiger partial charge in [-0.2, -0.15) is 0 Å². The van der Waals surface area contributed by atoms with E-state index in [0.29, 0.717) is 23.5 Å². The van der Waals surface area contributed by atoms with Crippen LogP contribution in [-0.4, -0.2) is 311 Å². The molecule has 24 N–H and O–H groups in total. The van der Waals surface area contributed by atoms with Gasteiger partial charge in [-0.05, 0) is 46.5 Å². The lowest BCUT2D eigenvalue weighted by Gasteiger charge is -2.46. The molecule has 6 heterocycles. The summed E-state index contributed by atoms with van der Waals surface area (Å²) in [5.74, 6) is -8.76. The number of ether oxygens (including phenoxy) is 7. The average Bonchev–Trinajstić information content (AvgIpc) is 1.57. The number of guanidine groups is 2. The first-order valence-corrected chi connectivity index (χ1v) is 34.2. The molecule has 4 aromatic carbocycles. The third-order valence-corrected chi connectivity index (χ3v) is 19.2. The highest BCUT2D eigenvalue weighted by Crippen LogP contribution is 2.34. The molecule has 6 aliphatic heterocycles. The SMILES string of the molecule is CC(c1ccccc1)C1NC(=O)CNC(=O)C(CO)NC(=O)C(C(O)C2CNC(=N)N2C2OC(CO)C(O)C(O)C2O)NC(=O)C(C(O)C2CNC(=N)N2)NC(=O)C(Cc2ccc(OC3OC(CO)C(OC4OC(CO)C(O)C(O)C4OCc4ccc(OCc5ccccc5)cc4)C(O)C3O)cc2)NC1=O. The molecule has 578 valence electrons.